The van der Waals surface area contributed by atoms with Gasteiger partial charge in [0.1, 0.15) is 11.6 Å². The second-order valence-electron chi connectivity index (χ2n) is 12.0. The van der Waals surface area contributed by atoms with Crippen LogP contribution in [-0.2, 0) is 26.3 Å². The SMILES string of the molecule is C[C@@H]1CC[C@@H](C(C)(C)c2ccccc2)[C@H](OC(=O)[C@](C)(CCOCc2ccccc2)NC(=O)c2ccccc2)C1. The monoisotopic (exact) mass is 541 g/mol. The Morgan fingerprint density at radius 3 is 2.10 bits per heavy atom. The molecule has 4 atom stereocenters. The van der Waals surface area contributed by atoms with E-state index >= 15 is 0 Å². The molecule has 5 heteroatoms. The molecule has 4 rings (SSSR count). The van der Waals surface area contributed by atoms with Crippen molar-refractivity contribution in [3.63, 3.8) is 0 Å². The van der Waals surface area contributed by atoms with Gasteiger partial charge in [-0.05, 0) is 54.4 Å². The largest absolute Gasteiger partial charge is 0.460 e. The fourth-order valence-electron chi connectivity index (χ4n) is 5.80. The molecule has 1 N–H and O–H groups in total. The maximum Gasteiger partial charge on any atom is 0.331 e. The molecule has 0 unspecified atom stereocenters. The lowest BCUT2D eigenvalue weighted by atomic mass is 9.64. The summed E-state index contributed by atoms with van der Waals surface area (Å²) in [6, 6.07) is 29.4. The van der Waals surface area contributed by atoms with E-state index in [0.717, 1.165) is 24.8 Å². The second-order valence-corrected chi connectivity index (χ2v) is 12.0. The van der Waals surface area contributed by atoms with Gasteiger partial charge in [0, 0.05) is 24.5 Å². The van der Waals surface area contributed by atoms with E-state index in [2.05, 4.69) is 50.4 Å². The van der Waals surface area contributed by atoms with Crippen LogP contribution >= 0.6 is 0 Å². The van der Waals surface area contributed by atoms with Gasteiger partial charge in [0.2, 0.25) is 0 Å². The lowest BCUT2D eigenvalue weighted by Crippen LogP contribution is -2.55. The number of carbonyl (C=O) groups is 2. The van der Waals surface area contributed by atoms with Gasteiger partial charge < -0.3 is 14.8 Å². The highest BCUT2D eigenvalue weighted by molar-refractivity contribution is 5.98. The molecule has 0 aliphatic heterocycles. The first-order valence-electron chi connectivity index (χ1n) is 14.4. The molecule has 1 saturated carbocycles. The number of rotatable bonds is 11. The zero-order chi connectivity index (χ0) is 28.6. The molecule has 212 valence electrons. The zero-order valence-corrected chi connectivity index (χ0v) is 24.3. The van der Waals surface area contributed by atoms with E-state index < -0.39 is 11.5 Å². The van der Waals surface area contributed by atoms with E-state index in [1.807, 2.05) is 54.6 Å². The minimum absolute atomic E-state index is 0.165. The first-order valence-corrected chi connectivity index (χ1v) is 14.4. The van der Waals surface area contributed by atoms with Crippen LogP contribution in [0.2, 0.25) is 0 Å². The fraction of sp³-hybridized carbons (Fsp3) is 0.429. The maximum absolute atomic E-state index is 14.0. The number of amides is 1. The quantitative estimate of drug-likeness (QED) is 0.208. The number of hydrogen-bond acceptors (Lipinski definition) is 4. The Balaban J connectivity index is 1.52. The number of ether oxygens (including phenoxy) is 2. The lowest BCUT2D eigenvalue weighted by molar-refractivity contribution is -0.164. The third kappa shape index (κ3) is 7.39. The van der Waals surface area contributed by atoms with Gasteiger partial charge >= 0.3 is 5.97 Å². The van der Waals surface area contributed by atoms with Gasteiger partial charge in [-0.1, -0.05) is 106 Å². The average Bonchev–Trinajstić information content (AvgIpc) is 2.96. The average molecular weight is 542 g/mol. The molecule has 3 aromatic rings. The summed E-state index contributed by atoms with van der Waals surface area (Å²) in [5.74, 6) is -0.0900. The lowest BCUT2D eigenvalue weighted by Gasteiger charge is -2.45. The van der Waals surface area contributed by atoms with Gasteiger partial charge in [0.15, 0.2) is 0 Å². The standard InChI is InChI=1S/C35H43NO4/c1-26-20-21-30(34(2,3)29-18-12-7-13-19-29)31(24-26)40-33(38)35(4,36-32(37)28-16-10-6-11-17-28)22-23-39-25-27-14-8-5-9-15-27/h5-19,26,30-31H,20-25H2,1-4H3,(H,36,37)/t26-,30-,31-,35+/m1/s1. The minimum Gasteiger partial charge on any atom is -0.460 e. The Kier molecular flexibility index (Phi) is 9.80. The van der Waals surface area contributed by atoms with Crippen molar-refractivity contribution in [2.75, 3.05) is 6.61 Å². The molecule has 3 aromatic carbocycles. The van der Waals surface area contributed by atoms with Crippen molar-refractivity contribution in [3.05, 3.63) is 108 Å². The van der Waals surface area contributed by atoms with Crippen molar-refractivity contribution in [3.8, 4) is 0 Å². The van der Waals surface area contributed by atoms with E-state index in [4.69, 9.17) is 9.47 Å². The van der Waals surface area contributed by atoms with Crippen LogP contribution in [0, 0.1) is 11.8 Å². The summed E-state index contributed by atoms with van der Waals surface area (Å²) in [7, 11) is 0. The molecule has 1 fully saturated rings. The van der Waals surface area contributed by atoms with Gasteiger partial charge in [-0.15, -0.1) is 0 Å². The van der Waals surface area contributed by atoms with Crippen LogP contribution in [0.25, 0.3) is 0 Å². The van der Waals surface area contributed by atoms with Crippen LogP contribution in [0.1, 0.15) is 74.9 Å². The second kappa shape index (κ2) is 13.3. The Morgan fingerprint density at radius 1 is 0.850 bits per heavy atom. The van der Waals surface area contributed by atoms with Crippen LogP contribution < -0.4 is 5.32 Å². The van der Waals surface area contributed by atoms with E-state index in [9.17, 15) is 9.59 Å². The molecule has 1 aliphatic rings. The molecule has 0 aromatic heterocycles. The molecule has 0 spiro atoms. The topological polar surface area (TPSA) is 64.6 Å². The Bertz CT molecular complexity index is 1230. The minimum atomic E-state index is -1.24. The Hall–Kier alpha value is -3.44. The summed E-state index contributed by atoms with van der Waals surface area (Å²) < 4.78 is 12.3. The van der Waals surface area contributed by atoms with Crippen LogP contribution in [0.4, 0.5) is 0 Å². The van der Waals surface area contributed by atoms with Crippen molar-refractivity contribution in [2.24, 2.45) is 11.8 Å². The predicted octanol–water partition coefficient (Wildman–Crippen LogP) is 7.11. The van der Waals surface area contributed by atoms with Gasteiger partial charge in [0.05, 0.1) is 6.61 Å². The maximum atomic E-state index is 14.0. The molecule has 0 heterocycles. The van der Waals surface area contributed by atoms with Gasteiger partial charge in [-0.25, -0.2) is 4.79 Å². The first-order chi connectivity index (χ1) is 19.2. The summed E-state index contributed by atoms with van der Waals surface area (Å²) in [4.78, 5) is 27.2. The highest BCUT2D eigenvalue weighted by atomic mass is 16.5. The zero-order valence-electron chi connectivity index (χ0n) is 24.3. The van der Waals surface area contributed by atoms with Crippen LogP contribution in [-0.4, -0.2) is 30.1 Å². The highest BCUT2D eigenvalue weighted by Gasteiger charge is 2.45. The van der Waals surface area contributed by atoms with Gasteiger partial charge in [-0.3, -0.25) is 4.79 Å². The van der Waals surface area contributed by atoms with Crippen LogP contribution in [0.5, 0.6) is 0 Å². The summed E-state index contributed by atoms with van der Waals surface area (Å²) >= 11 is 0. The molecule has 0 bridgehead atoms. The number of hydrogen-bond donors (Lipinski definition) is 1. The van der Waals surface area contributed by atoms with Crippen molar-refractivity contribution in [2.45, 2.75) is 77.0 Å². The number of benzene rings is 3. The molecule has 1 amide bonds. The third-order valence-corrected chi connectivity index (χ3v) is 8.49. The molecule has 0 saturated heterocycles. The van der Waals surface area contributed by atoms with E-state index in [-0.39, 0.29) is 23.3 Å². The third-order valence-electron chi connectivity index (χ3n) is 8.49. The molecule has 40 heavy (non-hydrogen) atoms. The molecule has 5 nitrogen and oxygen atoms in total. The van der Waals surface area contributed by atoms with Crippen molar-refractivity contribution >= 4 is 11.9 Å². The summed E-state index contributed by atoms with van der Waals surface area (Å²) in [6.07, 6.45) is 2.94. The van der Waals surface area contributed by atoms with E-state index in [1.165, 1.54) is 5.56 Å². The Morgan fingerprint density at radius 2 is 1.45 bits per heavy atom. The van der Waals surface area contributed by atoms with E-state index in [1.54, 1.807) is 19.1 Å². The molecular formula is C35H43NO4. The molecule has 0 radical (unpaired) electrons. The summed E-state index contributed by atoms with van der Waals surface area (Å²) in [6.45, 7) is 9.21. The van der Waals surface area contributed by atoms with Crippen molar-refractivity contribution in [1.82, 2.24) is 5.32 Å². The highest BCUT2D eigenvalue weighted by Crippen LogP contribution is 2.44. The van der Waals surface area contributed by atoms with Crippen LogP contribution in [0.3, 0.4) is 0 Å². The Labute approximate surface area is 239 Å². The van der Waals surface area contributed by atoms with Crippen LogP contribution in [0.15, 0.2) is 91.0 Å². The first kappa shape index (κ1) is 29.5. The smallest absolute Gasteiger partial charge is 0.331 e. The predicted molar refractivity (Wildman–Crippen MR) is 159 cm³/mol. The van der Waals surface area contributed by atoms with Gasteiger partial charge in [-0.2, -0.15) is 0 Å². The number of esters is 1. The number of carbonyl (C=O) groups excluding carboxylic acids is 2. The summed E-state index contributed by atoms with van der Waals surface area (Å²) in [5, 5.41) is 3.00. The normalized spacial score (nSPS) is 20.8. The molecule has 1 aliphatic carbocycles. The fourth-order valence-corrected chi connectivity index (χ4v) is 5.80. The summed E-state index contributed by atoms with van der Waals surface area (Å²) in [5.41, 5.74) is 1.38. The van der Waals surface area contributed by atoms with E-state index in [0.29, 0.717) is 31.1 Å². The number of nitrogens with one attached hydrogen (secondary N) is 1. The van der Waals surface area contributed by atoms with Crippen molar-refractivity contribution < 1.29 is 19.1 Å². The van der Waals surface area contributed by atoms with Gasteiger partial charge in [0.25, 0.3) is 5.91 Å². The molecular weight excluding hydrogens is 498 g/mol. The van der Waals surface area contributed by atoms with Crippen molar-refractivity contribution in [1.29, 1.82) is 0 Å².